The first-order valence-corrected chi connectivity index (χ1v) is 11.1. The van der Waals surface area contributed by atoms with E-state index >= 15 is 0 Å². The Kier molecular flexibility index (Phi) is 6.83. The number of para-hydroxylation sites is 4. The molecule has 0 heterocycles. The molecule has 2 aromatic rings. The van der Waals surface area contributed by atoms with Crippen molar-refractivity contribution in [2.75, 3.05) is 0 Å². The number of nitrogens with zero attached hydrogens (tertiary/aromatic N) is 2. The van der Waals surface area contributed by atoms with Gasteiger partial charge in [0, 0.05) is 12.1 Å². The van der Waals surface area contributed by atoms with E-state index in [1.807, 2.05) is 0 Å². The molecule has 0 saturated heterocycles. The van der Waals surface area contributed by atoms with Gasteiger partial charge in [-0.1, -0.05) is 65.8 Å². The predicted octanol–water partition coefficient (Wildman–Crippen LogP) is 5.71. The minimum Gasteiger partial charge on any atom is -0.446 e. The zero-order valence-electron chi connectivity index (χ0n) is 20.8. The average Bonchev–Trinajstić information content (AvgIpc) is 2.75. The summed E-state index contributed by atoms with van der Waals surface area (Å²) >= 11 is 0. The minimum atomic E-state index is -0.952. The maximum absolute atomic E-state index is 13.9. The van der Waals surface area contributed by atoms with Gasteiger partial charge in [-0.15, -0.1) is 0 Å². The Bertz CT molecular complexity index is 1240. The van der Waals surface area contributed by atoms with E-state index in [1.165, 1.54) is 48.5 Å². The molecule has 188 valence electrons. The Balaban J connectivity index is 2.26. The lowest BCUT2D eigenvalue weighted by molar-refractivity contribution is -0.385. The summed E-state index contributed by atoms with van der Waals surface area (Å²) in [6.07, 6.45) is 0. The topological polar surface area (TPSA) is 139 Å². The lowest BCUT2D eigenvalue weighted by Gasteiger charge is -2.33. The van der Waals surface area contributed by atoms with Crippen molar-refractivity contribution in [3.63, 3.8) is 0 Å². The lowest BCUT2D eigenvalue weighted by atomic mass is 9.72. The number of ketones is 2. The molecule has 0 atom stereocenters. The lowest BCUT2D eigenvalue weighted by Crippen LogP contribution is -2.37. The normalized spacial score (nSPS) is 14.7. The number of carbonyl (C=O) groups is 2. The van der Waals surface area contributed by atoms with Crippen molar-refractivity contribution in [1.29, 1.82) is 0 Å². The average molecular weight is 495 g/mol. The standard InChI is InChI=1S/C26H26N2O8/c1-25(2,3)19-21(29)24(36-18-14-10-8-12-16(18)28(33)34)20(26(4,5)6)22(30)23(19)35-17-13-9-7-11-15(17)27(31)32/h7-14H,1-6H3. The molecular weight excluding hydrogens is 468 g/mol. The molecule has 1 aliphatic carbocycles. The van der Waals surface area contributed by atoms with Gasteiger partial charge in [0.1, 0.15) is 0 Å². The van der Waals surface area contributed by atoms with E-state index in [0.29, 0.717) is 0 Å². The second-order valence-electron chi connectivity index (χ2n) is 10.2. The first kappa shape index (κ1) is 26.3. The highest BCUT2D eigenvalue weighted by molar-refractivity contribution is 6.24. The van der Waals surface area contributed by atoms with Crippen LogP contribution in [0.25, 0.3) is 0 Å². The molecule has 0 aromatic heterocycles. The SMILES string of the molecule is CC(C)(C)C1=C(Oc2ccccc2[N+](=O)[O-])C(=O)C(C(C)(C)C)=C(Oc2ccccc2[N+](=O)[O-])C1=O. The van der Waals surface area contributed by atoms with Gasteiger partial charge in [0.2, 0.25) is 23.1 Å². The molecule has 0 N–H and O–H groups in total. The Morgan fingerprint density at radius 3 is 1.19 bits per heavy atom. The third kappa shape index (κ3) is 5.02. The Morgan fingerprint density at radius 2 is 0.917 bits per heavy atom. The van der Waals surface area contributed by atoms with Crippen molar-refractivity contribution in [3.8, 4) is 11.5 Å². The monoisotopic (exact) mass is 494 g/mol. The van der Waals surface area contributed by atoms with Crippen molar-refractivity contribution in [1.82, 2.24) is 0 Å². The van der Waals surface area contributed by atoms with E-state index in [4.69, 9.17) is 9.47 Å². The molecule has 2 aromatic carbocycles. The smallest absolute Gasteiger partial charge is 0.311 e. The zero-order valence-corrected chi connectivity index (χ0v) is 20.8. The van der Waals surface area contributed by atoms with Crippen molar-refractivity contribution in [2.24, 2.45) is 10.8 Å². The first-order chi connectivity index (χ1) is 16.6. The van der Waals surface area contributed by atoms with E-state index in [0.717, 1.165) is 0 Å². The highest BCUT2D eigenvalue weighted by Gasteiger charge is 2.46. The van der Waals surface area contributed by atoms with Crippen LogP contribution in [0.5, 0.6) is 11.5 Å². The molecule has 0 fully saturated rings. The molecule has 10 heteroatoms. The fraction of sp³-hybridized carbons (Fsp3) is 0.308. The Hall–Kier alpha value is -4.34. The summed E-state index contributed by atoms with van der Waals surface area (Å²) in [5.41, 5.74) is -2.78. The van der Waals surface area contributed by atoms with Crippen LogP contribution in [-0.2, 0) is 9.59 Å². The molecule has 0 radical (unpaired) electrons. The molecular formula is C26H26N2O8. The molecule has 3 rings (SSSR count). The summed E-state index contributed by atoms with van der Waals surface area (Å²) in [4.78, 5) is 49.6. The summed E-state index contributed by atoms with van der Waals surface area (Å²) in [6.45, 7) is 10.1. The number of Topliss-reactive ketones (excluding diaryl/α,β-unsaturated/α-hetero) is 2. The number of benzene rings is 2. The van der Waals surface area contributed by atoms with Gasteiger partial charge < -0.3 is 9.47 Å². The van der Waals surface area contributed by atoms with Crippen LogP contribution in [0.1, 0.15) is 41.5 Å². The van der Waals surface area contributed by atoms with Crippen LogP contribution in [-0.4, -0.2) is 21.4 Å². The molecule has 1 aliphatic rings. The van der Waals surface area contributed by atoms with Crippen LogP contribution < -0.4 is 9.47 Å². The van der Waals surface area contributed by atoms with Crippen LogP contribution in [0.4, 0.5) is 11.4 Å². The van der Waals surface area contributed by atoms with Gasteiger partial charge >= 0.3 is 11.4 Å². The van der Waals surface area contributed by atoms with E-state index in [9.17, 15) is 29.8 Å². The van der Waals surface area contributed by atoms with Crippen molar-refractivity contribution >= 4 is 22.9 Å². The molecule has 36 heavy (non-hydrogen) atoms. The van der Waals surface area contributed by atoms with Crippen LogP contribution >= 0.6 is 0 Å². The van der Waals surface area contributed by atoms with Crippen molar-refractivity contribution in [3.05, 3.63) is 91.4 Å². The maximum atomic E-state index is 13.9. The fourth-order valence-corrected chi connectivity index (χ4v) is 3.83. The molecule has 10 nitrogen and oxygen atoms in total. The third-order valence-corrected chi connectivity index (χ3v) is 5.37. The molecule has 0 unspecified atom stereocenters. The van der Waals surface area contributed by atoms with E-state index < -0.39 is 32.2 Å². The van der Waals surface area contributed by atoms with Crippen molar-refractivity contribution in [2.45, 2.75) is 41.5 Å². The summed E-state index contributed by atoms with van der Waals surface area (Å²) < 4.78 is 11.7. The van der Waals surface area contributed by atoms with E-state index in [-0.39, 0.29) is 45.5 Å². The highest BCUT2D eigenvalue weighted by atomic mass is 16.6. The van der Waals surface area contributed by atoms with Crippen LogP contribution in [0.15, 0.2) is 71.2 Å². The Labute approximate surface area is 207 Å². The quantitative estimate of drug-likeness (QED) is 0.282. The number of hydrogen-bond acceptors (Lipinski definition) is 8. The summed E-state index contributed by atoms with van der Waals surface area (Å²) in [6, 6.07) is 11.1. The number of hydrogen-bond donors (Lipinski definition) is 0. The van der Waals surface area contributed by atoms with Gasteiger partial charge in [0.05, 0.1) is 21.0 Å². The van der Waals surface area contributed by atoms with Gasteiger partial charge in [-0.05, 0) is 23.0 Å². The number of ether oxygens (including phenoxy) is 2. The minimum absolute atomic E-state index is 0.0627. The highest BCUT2D eigenvalue weighted by Crippen LogP contribution is 2.44. The van der Waals surface area contributed by atoms with Crippen LogP contribution in [0.3, 0.4) is 0 Å². The van der Waals surface area contributed by atoms with Gasteiger partial charge in [-0.2, -0.15) is 0 Å². The molecule has 0 spiro atoms. The summed E-state index contributed by atoms with van der Waals surface area (Å²) in [7, 11) is 0. The number of rotatable bonds is 6. The number of allylic oxidation sites excluding steroid dienone is 2. The van der Waals surface area contributed by atoms with Crippen LogP contribution in [0, 0.1) is 31.1 Å². The Morgan fingerprint density at radius 1 is 0.611 bits per heavy atom. The van der Waals surface area contributed by atoms with Gasteiger partial charge in [-0.3, -0.25) is 29.8 Å². The van der Waals surface area contributed by atoms with Crippen LogP contribution in [0.2, 0.25) is 0 Å². The largest absolute Gasteiger partial charge is 0.446 e. The second kappa shape index (κ2) is 9.37. The van der Waals surface area contributed by atoms with E-state index in [2.05, 4.69) is 0 Å². The zero-order chi connectivity index (χ0) is 27.0. The number of nitro groups is 2. The second-order valence-corrected chi connectivity index (χ2v) is 10.2. The number of nitro benzene ring substituents is 2. The first-order valence-electron chi connectivity index (χ1n) is 11.1. The molecule has 0 amide bonds. The molecule has 0 bridgehead atoms. The fourth-order valence-electron chi connectivity index (χ4n) is 3.83. The predicted molar refractivity (Wildman–Crippen MR) is 130 cm³/mol. The summed E-state index contributed by atoms with van der Waals surface area (Å²) in [5, 5.41) is 23.1. The van der Waals surface area contributed by atoms with E-state index in [1.54, 1.807) is 41.5 Å². The van der Waals surface area contributed by atoms with Crippen molar-refractivity contribution < 1.29 is 28.9 Å². The maximum Gasteiger partial charge on any atom is 0.311 e. The number of carbonyl (C=O) groups excluding carboxylic acids is 2. The van der Waals surface area contributed by atoms with Gasteiger partial charge in [0.25, 0.3) is 0 Å². The molecule has 0 aliphatic heterocycles. The third-order valence-electron chi connectivity index (χ3n) is 5.37. The summed E-state index contributed by atoms with van der Waals surface area (Å²) in [5.74, 6) is -2.48. The van der Waals surface area contributed by atoms with Gasteiger partial charge in [-0.25, -0.2) is 0 Å². The van der Waals surface area contributed by atoms with Gasteiger partial charge in [0.15, 0.2) is 11.5 Å². The molecule has 0 saturated carbocycles.